The van der Waals surface area contributed by atoms with Gasteiger partial charge in [0.25, 0.3) is 0 Å². The number of para-hydroxylation sites is 1. The first-order valence-electron chi connectivity index (χ1n) is 11.5. The molecule has 0 N–H and O–H groups in total. The zero-order valence-electron chi connectivity index (χ0n) is 18.5. The first kappa shape index (κ1) is 21.7. The maximum atomic E-state index is 13.0. The van der Waals surface area contributed by atoms with Gasteiger partial charge >= 0.3 is 0 Å². The summed E-state index contributed by atoms with van der Waals surface area (Å²) in [6.45, 7) is 2.65. The highest BCUT2D eigenvalue weighted by atomic mass is 32.2. The zero-order chi connectivity index (χ0) is 22.6. The highest BCUT2D eigenvalue weighted by Gasteiger charge is 2.24. The Morgan fingerprint density at radius 1 is 0.879 bits per heavy atom. The van der Waals surface area contributed by atoms with Crippen molar-refractivity contribution in [2.45, 2.75) is 37.3 Å². The Labute approximate surface area is 197 Å². The average molecular weight is 462 g/mol. The molecule has 0 bridgehead atoms. The third kappa shape index (κ3) is 4.66. The minimum absolute atomic E-state index is 0.00984. The number of aromatic nitrogens is 3. The Bertz CT molecular complexity index is 1140. The van der Waals surface area contributed by atoms with Crippen molar-refractivity contribution >= 4 is 35.1 Å². The number of nitrogens with zero attached hydrogens (tertiary/aromatic N) is 5. The van der Waals surface area contributed by atoms with E-state index in [2.05, 4.69) is 19.7 Å². The van der Waals surface area contributed by atoms with Crippen LogP contribution in [0.4, 0.5) is 11.6 Å². The third-order valence-electron chi connectivity index (χ3n) is 6.16. The van der Waals surface area contributed by atoms with E-state index in [1.807, 2.05) is 54.6 Å². The highest BCUT2D eigenvalue weighted by molar-refractivity contribution is 7.99. The molecule has 8 heteroatoms. The fraction of sp³-hybridized carbons (Fsp3) is 0.360. The van der Waals surface area contributed by atoms with E-state index in [1.54, 1.807) is 4.90 Å². The molecule has 2 aliphatic rings. The van der Waals surface area contributed by atoms with Crippen molar-refractivity contribution in [2.75, 3.05) is 35.2 Å². The van der Waals surface area contributed by atoms with Crippen LogP contribution in [-0.4, -0.2) is 51.8 Å². The van der Waals surface area contributed by atoms with Crippen LogP contribution in [0.15, 0.2) is 59.8 Å². The number of Topliss-reactive ketones (excluding diaryl/α,β-unsaturated/α-hetero) is 1. The largest absolute Gasteiger partial charge is 0.341 e. The van der Waals surface area contributed by atoms with Crippen molar-refractivity contribution in [1.82, 2.24) is 14.8 Å². The summed E-state index contributed by atoms with van der Waals surface area (Å²) in [5.41, 5.74) is 2.41. The van der Waals surface area contributed by atoms with Crippen LogP contribution < -0.4 is 9.80 Å². The maximum absolute atomic E-state index is 13.0. The molecule has 0 spiro atoms. The van der Waals surface area contributed by atoms with Crippen LogP contribution in [0.5, 0.6) is 0 Å². The van der Waals surface area contributed by atoms with Crippen molar-refractivity contribution in [1.29, 1.82) is 0 Å². The first-order chi connectivity index (χ1) is 16.2. The minimum atomic E-state index is 0.00984. The average Bonchev–Trinajstić information content (AvgIpc) is 3.50. The van der Waals surface area contributed by atoms with E-state index in [-0.39, 0.29) is 17.4 Å². The quantitative estimate of drug-likeness (QED) is 0.385. The number of amides is 1. The molecule has 2 fully saturated rings. The smallest absolute Gasteiger partial charge is 0.232 e. The van der Waals surface area contributed by atoms with E-state index in [1.165, 1.54) is 18.2 Å². The predicted molar refractivity (Wildman–Crippen MR) is 131 cm³/mol. The van der Waals surface area contributed by atoms with Crippen LogP contribution in [0.2, 0.25) is 0 Å². The maximum Gasteiger partial charge on any atom is 0.232 e. The minimum Gasteiger partial charge on any atom is -0.341 e. The van der Waals surface area contributed by atoms with Crippen LogP contribution in [-0.2, 0) is 4.79 Å². The fourth-order valence-electron chi connectivity index (χ4n) is 4.44. The summed E-state index contributed by atoms with van der Waals surface area (Å²) in [6.07, 6.45) is 4.98. The molecule has 1 amide bonds. The van der Waals surface area contributed by atoms with Crippen LogP contribution in [0.3, 0.4) is 0 Å². The topological polar surface area (TPSA) is 71.3 Å². The van der Waals surface area contributed by atoms with E-state index in [0.717, 1.165) is 49.7 Å². The van der Waals surface area contributed by atoms with Gasteiger partial charge in [0.1, 0.15) is 0 Å². The number of anilines is 2. The predicted octanol–water partition coefficient (Wildman–Crippen LogP) is 4.36. The molecule has 2 aromatic carbocycles. The van der Waals surface area contributed by atoms with E-state index in [0.29, 0.717) is 23.7 Å². The molecule has 2 saturated heterocycles. The molecule has 3 heterocycles. The highest BCUT2D eigenvalue weighted by Crippen LogP contribution is 2.29. The fourth-order valence-corrected chi connectivity index (χ4v) is 5.28. The van der Waals surface area contributed by atoms with Gasteiger partial charge in [0.2, 0.25) is 11.9 Å². The second kappa shape index (κ2) is 9.79. The molecule has 0 atom stereocenters. The van der Waals surface area contributed by atoms with Crippen LogP contribution in [0.1, 0.15) is 42.5 Å². The monoisotopic (exact) mass is 461 g/mol. The molecule has 2 aliphatic heterocycles. The van der Waals surface area contributed by atoms with E-state index >= 15 is 0 Å². The molecule has 0 unspecified atom stereocenters. The summed E-state index contributed by atoms with van der Waals surface area (Å²) >= 11 is 1.40. The molecule has 5 rings (SSSR count). The number of ketones is 1. The van der Waals surface area contributed by atoms with E-state index in [4.69, 9.17) is 0 Å². The van der Waals surface area contributed by atoms with Crippen molar-refractivity contribution < 1.29 is 9.59 Å². The second-order valence-corrected chi connectivity index (χ2v) is 9.35. The Hall–Kier alpha value is -3.13. The van der Waals surface area contributed by atoms with Crippen molar-refractivity contribution in [3.05, 3.63) is 60.2 Å². The van der Waals surface area contributed by atoms with Crippen LogP contribution in [0, 0.1) is 0 Å². The van der Waals surface area contributed by atoms with Gasteiger partial charge in [-0.25, -0.2) is 0 Å². The number of hydrogen-bond donors (Lipinski definition) is 0. The first-order valence-corrected chi connectivity index (χ1v) is 12.5. The number of carbonyl (C=O) groups excluding carboxylic acids is 2. The van der Waals surface area contributed by atoms with Crippen LogP contribution in [0.25, 0.3) is 5.69 Å². The molecule has 0 saturated carbocycles. The van der Waals surface area contributed by atoms with Crippen molar-refractivity contribution in [3.8, 4) is 5.69 Å². The molecular weight excluding hydrogens is 434 g/mol. The van der Waals surface area contributed by atoms with Gasteiger partial charge in [0.15, 0.2) is 10.9 Å². The van der Waals surface area contributed by atoms with Gasteiger partial charge in [0, 0.05) is 37.3 Å². The summed E-state index contributed by atoms with van der Waals surface area (Å²) in [6, 6.07) is 17.5. The second-order valence-electron chi connectivity index (χ2n) is 8.41. The summed E-state index contributed by atoms with van der Waals surface area (Å²) in [7, 11) is 0. The number of rotatable bonds is 7. The van der Waals surface area contributed by atoms with Gasteiger partial charge in [-0.3, -0.25) is 14.2 Å². The van der Waals surface area contributed by atoms with Gasteiger partial charge in [-0.05, 0) is 49.9 Å². The lowest BCUT2D eigenvalue weighted by molar-refractivity contribution is -0.117. The molecular formula is C25H27N5O2S. The molecule has 3 aromatic rings. The Balaban J connectivity index is 1.36. The normalized spacial score (nSPS) is 16.4. The zero-order valence-corrected chi connectivity index (χ0v) is 19.3. The number of piperidine rings is 1. The Kier molecular flexibility index (Phi) is 6.44. The van der Waals surface area contributed by atoms with Gasteiger partial charge in [-0.1, -0.05) is 42.1 Å². The lowest BCUT2D eigenvalue weighted by Gasteiger charge is -2.27. The molecule has 0 aliphatic carbocycles. The standard InChI is InChI=1S/C25H27N5O2S/c31-22(19-9-7-12-21(17-19)29-16-8-13-23(29)32)18-33-25-27-26-24(28-14-5-2-6-15-28)30(25)20-10-3-1-4-11-20/h1,3-4,7,9-12,17H,2,5-6,8,13-16,18H2. The Morgan fingerprint density at radius 3 is 2.42 bits per heavy atom. The molecule has 1 aromatic heterocycles. The van der Waals surface area contributed by atoms with Gasteiger partial charge in [-0.2, -0.15) is 0 Å². The summed E-state index contributed by atoms with van der Waals surface area (Å²) in [5, 5.41) is 9.67. The summed E-state index contributed by atoms with van der Waals surface area (Å²) in [4.78, 5) is 29.2. The number of thioether (sulfide) groups is 1. The van der Waals surface area contributed by atoms with Crippen LogP contribution >= 0.6 is 11.8 Å². The van der Waals surface area contributed by atoms with E-state index < -0.39 is 0 Å². The lowest BCUT2D eigenvalue weighted by atomic mass is 10.1. The molecule has 33 heavy (non-hydrogen) atoms. The van der Waals surface area contributed by atoms with Crippen molar-refractivity contribution in [3.63, 3.8) is 0 Å². The number of carbonyl (C=O) groups is 2. The van der Waals surface area contributed by atoms with Crippen molar-refractivity contribution in [2.24, 2.45) is 0 Å². The SMILES string of the molecule is O=C(CSc1nnc(N2CCCCC2)n1-c1ccccc1)c1cccc(N2CCCC2=O)c1. The van der Waals surface area contributed by atoms with Gasteiger partial charge in [0.05, 0.1) is 11.4 Å². The summed E-state index contributed by atoms with van der Waals surface area (Å²) in [5.74, 6) is 1.22. The molecule has 170 valence electrons. The summed E-state index contributed by atoms with van der Waals surface area (Å²) < 4.78 is 2.06. The van der Waals surface area contributed by atoms with Gasteiger partial charge < -0.3 is 9.80 Å². The Morgan fingerprint density at radius 2 is 1.67 bits per heavy atom. The number of hydrogen-bond acceptors (Lipinski definition) is 6. The van der Waals surface area contributed by atoms with E-state index in [9.17, 15) is 9.59 Å². The van der Waals surface area contributed by atoms with Gasteiger partial charge in [-0.15, -0.1) is 10.2 Å². The molecule has 0 radical (unpaired) electrons. The lowest BCUT2D eigenvalue weighted by Crippen LogP contribution is -2.31. The molecule has 7 nitrogen and oxygen atoms in total. The number of benzene rings is 2. The third-order valence-corrected chi connectivity index (χ3v) is 7.08.